The molecule has 1 aliphatic carbocycles. The first-order chi connectivity index (χ1) is 7.27. The fourth-order valence-electron chi connectivity index (χ4n) is 1.62. The summed E-state index contributed by atoms with van der Waals surface area (Å²) in [6, 6.07) is 7.89. The number of Topliss-reactive ketones (excluding diaryl/α,β-unsaturated/α-hetero) is 1. The van der Waals surface area contributed by atoms with Gasteiger partial charge in [0.05, 0.1) is 0 Å². The predicted molar refractivity (Wildman–Crippen MR) is 64.2 cm³/mol. The van der Waals surface area contributed by atoms with Gasteiger partial charge in [0.25, 0.3) is 0 Å². The summed E-state index contributed by atoms with van der Waals surface area (Å²) in [7, 11) is 0. The Bertz CT molecular complexity index is 307. The van der Waals surface area contributed by atoms with Crippen molar-refractivity contribution >= 4 is 5.78 Å². The van der Waals surface area contributed by atoms with E-state index >= 15 is 0 Å². The quantitative estimate of drug-likeness (QED) is 0.665. The van der Waals surface area contributed by atoms with Crippen molar-refractivity contribution in [1.29, 1.82) is 0 Å². The lowest BCUT2D eigenvalue weighted by molar-refractivity contribution is 0.0855. The summed E-state index contributed by atoms with van der Waals surface area (Å²) in [6.07, 6.45) is 3.40. The van der Waals surface area contributed by atoms with Gasteiger partial charge in [0, 0.05) is 11.5 Å². The highest BCUT2D eigenvalue weighted by atomic mass is 16.1. The monoisotopic (exact) mass is 204 g/mol. The topological polar surface area (TPSA) is 17.1 Å². The average molecular weight is 204 g/mol. The molecular weight excluding hydrogens is 184 g/mol. The minimum absolute atomic E-state index is 0.322. The Hall–Kier alpha value is -1.11. The lowest BCUT2D eigenvalue weighted by Crippen LogP contribution is -2.21. The molecule has 0 heterocycles. The Balaban J connectivity index is 0.000000531. The van der Waals surface area contributed by atoms with Gasteiger partial charge in [-0.3, -0.25) is 4.79 Å². The summed E-state index contributed by atoms with van der Waals surface area (Å²) in [5.74, 6) is 0.661. The minimum atomic E-state index is 0.322. The zero-order chi connectivity index (χ0) is 11.3. The van der Waals surface area contributed by atoms with Crippen LogP contribution < -0.4 is 0 Å². The van der Waals surface area contributed by atoms with Gasteiger partial charge in [-0.15, -0.1) is 0 Å². The number of benzene rings is 1. The third-order valence-electron chi connectivity index (χ3n) is 2.81. The van der Waals surface area contributed by atoms with Crippen LogP contribution in [0, 0.1) is 12.8 Å². The maximum atomic E-state index is 11.7. The SMILES string of the molecule is CC.Cc1ccc(C(=O)C2CCC2)cc1. The molecule has 0 N–H and O–H groups in total. The highest BCUT2D eigenvalue weighted by Crippen LogP contribution is 2.29. The minimum Gasteiger partial charge on any atom is -0.294 e. The van der Waals surface area contributed by atoms with E-state index in [1.165, 1.54) is 12.0 Å². The molecule has 0 aliphatic heterocycles. The van der Waals surface area contributed by atoms with Crippen LogP contribution in [0.5, 0.6) is 0 Å². The van der Waals surface area contributed by atoms with Crippen molar-refractivity contribution in [2.24, 2.45) is 5.92 Å². The maximum absolute atomic E-state index is 11.7. The van der Waals surface area contributed by atoms with Gasteiger partial charge in [-0.05, 0) is 19.8 Å². The predicted octanol–water partition coefficient (Wildman–Crippen LogP) is 4.00. The molecule has 0 amide bonds. The van der Waals surface area contributed by atoms with Crippen molar-refractivity contribution in [3.05, 3.63) is 35.4 Å². The zero-order valence-corrected chi connectivity index (χ0v) is 9.92. The van der Waals surface area contributed by atoms with Crippen molar-refractivity contribution < 1.29 is 4.79 Å². The van der Waals surface area contributed by atoms with Gasteiger partial charge in [-0.2, -0.15) is 0 Å². The van der Waals surface area contributed by atoms with Crippen molar-refractivity contribution in [1.82, 2.24) is 0 Å². The molecule has 0 aromatic heterocycles. The van der Waals surface area contributed by atoms with Gasteiger partial charge in [-0.1, -0.05) is 50.1 Å². The molecule has 1 aromatic carbocycles. The van der Waals surface area contributed by atoms with Crippen LogP contribution >= 0.6 is 0 Å². The van der Waals surface area contributed by atoms with E-state index in [2.05, 4.69) is 0 Å². The molecule has 1 heteroatoms. The van der Waals surface area contributed by atoms with Crippen LogP contribution in [0.2, 0.25) is 0 Å². The van der Waals surface area contributed by atoms with Crippen LogP contribution in [0.4, 0.5) is 0 Å². The van der Waals surface area contributed by atoms with E-state index in [9.17, 15) is 4.79 Å². The number of aryl methyl sites for hydroxylation is 1. The molecule has 1 aliphatic rings. The van der Waals surface area contributed by atoms with Crippen LogP contribution in [0.1, 0.15) is 49.0 Å². The maximum Gasteiger partial charge on any atom is 0.165 e. The second kappa shape index (κ2) is 5.69. The highest BCUT2D eigenvalue weighted by molar-refractivity contribution is 5.98. The second-order valence-corrected chi connectivity index (χ2v) is 3.86. The lowest BCUT2D eigenvalue weighted by Gasteiger charge is -2.23. The standard InChI is InChI=1S/C12H14O.C2H6/c1-9-5-7-11(8-6-9)12(13)10-3-2-4-10;1-2/h5-8,10H,2-4H2,1H3;1-2H3. The summed E-state index contributed by atoms with van der Waals surface area (Å²) in [4.78, 5) is 11.7. The number of hydrogen-bond acceptors (Lipinski definition) is 1. The van der Waals surface area contributed by atoms with Crippen LogP contribution in [0.25, 0.3) is 0 Å². The lowest BCUT2D eigenvalue weighted by atomic mass is 9.80. The van der Waals surface area contributed by atoms with Gasteiger partial charge in [0.2, 0.25) is 0 Å². The van der Waals surface area contributed by atoms with Crippen LogP contribution in [-0.4, -0.2) is 5.78 Å². The summed E-state index contributed by atoms with van der Waals surface area (Å²) < 4.78 is 0. The molecular formula is C14H20O. The molecule has 1 nitrogen and oxygen atoms in total. The third-order valence-corrected chi connectivity index (χ3v) is 2.81. The van der Waals surface area contributed by atoms with Gasteiger partial charge in [0.15, 0.2) is 5.78 Å². The largest absolute Gasteiger partial charge is 0.294 e. The molecule has 1 aromatic rings. The molecule has 15 heavy (non-hydrogen) atoms. The Kier molecular flexibility index (Phi) is 4.54. The van der Waals surface area contributed by atoms with Crippen molar-refractivity contribution in [2.45, 2.75) is 40.0 Å². The summed E-state index contributed by atoms with van der Waals surface area (Å²) in [6.45, 7) is 6.04. The zero-order valence-electron chi connectivity index (χ0n) is 9.92. The first-order valence-corrected chi connectivity index (χ1v) is 5.88. The third kappa shape index (κ3) is 2.92. The van der Waals surface area contributed by atoms with E-state index in [4.69, 9.17) is 0 Å². The molecule has 0 bridgehead atoms. The number of ketones is 1. The molecule has 0 spiro atoms. The van der Waals surface area contributed by atoms with Gasteiger partial charge in [0.1, 0.15) is 0 Å². The Morgan fingerprint density at radius 3 is 2.07 bits per heavy atom. The van der Waals surface area contributed by atoms with E-state index in [1.807, 2.05) is 45.0 Å². The Morgan fingerprint density at radius 2 is 1.67 bits per heavy atom. The van der Waals surface area contributed by atoms with Crippen LogP contribution in [0.15, 0.2) is 24.3 Å². The van der Waals surface area contributed by atoms with E-state index in [0.717, 1.165) is 18.4 Å². The highest BCUT2D eigenvalue weighted by Gasteiger charge is 2.25. The Labute approximate surface area is 92.5 Å². The summed E-state index contributed by atoms with van der Waals surface area (Å²) in [5, 5.41) is 0. The first-order valence-electron chi connectivity index (χ1n) is 5.88. The molecule has 0 unspecified atom stereocenters. The smallest absolute Gasteiger partial charge is 0.165 e. The van der Waals surface area contributed by atoms with Crippen LogP contribution in [0.3, 0.4) is 0 Å². The van der Waals surface area contributed by atoms with Gasteiger partial charge in [-0.25, -0.2) is 0 Å². The van der Waals surface area contributed by atoms with Crippen molar-refractivity contribution in [2.75, 3.05) is 0 Å². The average Bonchev–Trinajstić information content (AvgIpc) is 2.19. The van der Waals surface area contributed by atoms with Crippen LogP contribution in [-0.2, 0) is 0 Å². The number of rotatable bonds is 2. The van der Waals surface area contributed by atoms with E-state index in [0.29, 0.717) is 11.7 Å². The molecule has 2 rings (SSSR count). The summed E-state index contributed by atoms with van der Waals surface area (Å²) in [5.41, 5.74) is 2.10. The number of carbonyl (C=O) groups excluding carboxylic acids is 1. The van der Waals surface area contributed by atoms with E-state index < -0.39 is 0 Å². The normalized spacial score (nSPS) is 14.9. The number of carbonyl (C=O) groups is 1. The van der Waals surface area contributed by atoms with Crippen molar-refractivity contribution in [3.8, 4) is 0 Å². The molecule has 0 saturated heterocycles. The van der Waals surface area contributed by atoms with Gasteiger partial charge >= 0.3 is 0 Å². The molecule has 0 radical (unpaired) electrons. The molecule has 0 atom stereocenters. The second-order valence-electron chi connectivity index (χ2n) is 3.86. The van der Waals surface area contributed by atoms with Gasteiger partial charge < -0.3 is 0 Å². The van der Waals surface area contributed by atoms with E-state index in [1.54, 1.807) is 0 Å². The molecule has 1 saturated carbocycles. The Morgan fingerprint density at radius 1 is 1.13 bits per heavy atom. The summed E-state index contributed by atoms with van der Waals surface area (Å²) >= 11 is 0. The van der Waals surface area contributed by atoms with E-state index in [-0.39, 0.29) is 0 Å². The molecule has 1 fully saturated rings. The van der Waals surface area contributed by atoms with Crippen molar-refractivity contribution in [3.63, 3.8) is 0 Å². The fraction of sp³-hybridized carbons (Fsp3) is 0.500. The first kappa shape index (κ1) is 12.0. The fourth-order valence-corrected chi connectivity index (χ4v) is 1.62. The number of hydrogen-bond donors (Lipinski definition) is 0. The molecule has 82 valence electrons.